The van der Waals surface area contributed by atoms with Crippen molar-refractivity contribution in [2.75, 3.05) is 33.4 Å². The zero-order valence-corrected chi connectivity index (χ0v) is 11.7. The van der Waals surface area contributed by atoms with Crippen LogP contribution in [0.4, 0.5) is 0 Å². The average molecular weight is 278 g/mol. The van der Waals surface area contributed by atoms with Crippen molar-refractivity contribution in [1.29, 1.82) is 0 Å². The van der Waals surface area contributed by atoms with Gasteiger partial charge in [0, 0.05) is 32.7 Å². The lowest BCUT2D eigenvalue weighted by atomic mass is 9.97. The van der Waals surface area contributed by atoms with Crippen LogP contribution in [0.5, 0.6) is 0 Å². The van der Waals surface area contributed by atoms with Crippen molar-refractivity contribution in [3.8, 4) is 0 Å². The van der Waals surface area contributed by atoms with Gasteiger partial charge in [0.15, 0.2) is 5.82 Å². The molecule has 0 bridgehead atoms. The monoisotopic (exact) mass is 277 g/mol. The standard InChI is InChI=1S/C11H20ClN3O3/c1-4-14(5-9-7-18-6-8(9)2)11(13-3)10(12)15(16)17/h8-9,13H,4-7H2,1-3H3. The first-order chi connectivity index (χ1) is 8.51. The summed E-state index contributed by atoms with van der Waals surface area (Å²) in [5.74, 6) is 1.21. The smallest absolute Gasteiger partial charge is 0.377 e. The van der Waals surface area contributed by atoms with Gasteiger partial charge in [-0.2, -0.15) is 0 Å². The van der Waals surface area contributed by atoms with Crippen LogP contribution in [-0.4, -0.2) is 43.2 Å². The average Bonchev–Trinajstić information content (AvgIpc) is 2.74. The third-order valence-corrected chi connectivity index (χ3v) is 3.58. The summed E-state index contributed by atoms with van der Waals surface area (Å²) in [6.45, 7) is 6.89. The number of hydrogen-bond donors (Lipinski definition) is 1. The van der Waals surface area contributed by atoms with E-state index in [9.17, 15) is 10.1 Å². The van der Waals surface area contributed by atoms with Gasteiger partial charge in [-0.3, -0.25) is 10.1 Å². The van der Waals surface area contributed by atoms with E-state index in [1.807, 2.05) is 11.8 Å². The highest BCUT2D eigenvalue weighted by Crippen LogP contribution is 2.23. The molecule has 0 aromatic heterocycles. The normalized spacial score (nSPS) is 24.7. The van der Waals surface area contributed by atoms with Gasteiger partial charge in [0.25, 0.3) is 0 Å². The molecule has 18 heavy (non-hydrogen) atoms. The molecule has 1 aliphatic heterocycles. The Kier molecular flexibility index (Phi) is 5.68. The fraction of sp³-hybridized carbons (Fsp3) is 0.818. The summed E-state index contributed by atoms with van der Waals surface area (Å²) < 4.78 is 5.41. The minimum Gasteiger partial charge on any atom is -0.381 e. The lowest BCUT2D eigenvalue weighted by Crippen LogP contribution is -2.37. The molecule has 104 valence electrons. The Morgan fingerprint density at radius 3 is 2.67 bits per heavy atom. The maximum absolute atomic E-state index is 10.7. The molecule has 1 rings (SSSR count). The summed E-state index contributed by atoms with van der Waals surface area (Å²) in [7, 11) is 1.64. The van der Waals surface area contributed by atoms with Crippen LogP contribution < -0.4 is 5.32 Å². The van der Waals surface area contributed by atoms with Crippen molar-refractivity contribution in [2.24, 2.45) is 11.8 Å². The number of ether oxygens (including phenoxy) is 1. The third-order valence-electron chi connectivity index (χ3n) is 3.26. The minimum atomic E-state index is -0.579. The number of nitrogens with zero attached hydrogens (tertiary/aromatic N) is 2. The summed E-state index contributed by atoms with van der Waals surface area (Å²) in [5.41, 5.74) is 0. The number of nitro groups is 1. The van der Waals surface area contributed by atoms with Gasteiger partial charge < -0.3 is 15.0 Å². The summed E-state index contributed by atoms with van der Waals surface area (Å²) in [6, 6.07) is 0. The minimum absolute atomic E-state index is 0.364. The lowest BCUT2D eigenvalue weighted by Gasteiger charge is -2.28. The van der Waals surface area contributed by atoms with Crippen molar-refractivity contribution in [1.82, 2.24) is 10.2 Å². The zero-order valence-electron chi connectivity index (χ0n) is 11.0. The van der Waals surface area contributed by atoms with Gasteiger partial charge in [-0.05, 0) is 24.4 Å². The van der Waals surface area contributed by atoms with Gasteiger partial charge in [0.1, 0.15) is 0 Å². The quantitative estimate of drug-likeness (QED) is 0.452. The van der Waals surface area contributed by atoms with Crippen LogP contribution in [0.1, 0.15) is 13.8 Å². The van der Waals surface area contributed by atoms with E-state index in [1.165, 1.54) is 0 Å². The predicted octanol–water partition coefficient (Wildman–Crippen LogP) is 1.45. The van der Waals surface area contributed by atoms with Crippen LogP contribution in [0.15, 0.2) is 11.0 Å². The molecule has 6 nitrogen and oxygen atoms in total. The molecule has 0 saturated carbocycles. The Morgan fingerprint density at radius 2 is 2.28 bits per heavy atom. The number of nitrogens with one attached hydrogen (secondary N) is 1. The number of hydrogen-bond acceptors (Lipinski definition) is 5. The van der Waals surface area contributed by atoms with Crippen molar-refractivity contribution in [2.45, 2.75) is 13.8 Å². The molecule has 1 fully saturated rings. The lowest BCUT2D eigenvalue weighted by molar-refractivity contribution is -0.414. The Bertz CT molecular complexity index is 335. The van der Waals surface area contributed by atoms with Gasteiger partial charge in [0.05, 0.1) is 11.5 Å². The highest BCUT2D eigenvalue weighted by Gasteiger charge is 2.28. The Balaban J connectivity index is 2.80. The molecule has 0 amide bonds. The first-order valence-electron chi connectivity index (χ1n) is 6.05. The first kappa shape index (κ1) is 15.0. The third kappa shape index (κ3) is 3.49. The Hall–Kier alpha value is -1.01. The summed E-state index contributed by atoms with van der Waals surface area (Å²) in [6.07, 6.45) is 0. The van der Waals surface area contributed by atoms with Crippen LogP contribution >= 0.6 is 11.6 Å². The largest absolute Gasteiger partial charge is 0.381 e. The van der Waals surface area contributed by atoms with E-state index in [-0.39, 0.29) is 5.16 Å². The highest BCUT2D eigenvalue weighted by atomic mass is 35.5. The molecule has 7 heteroatoms. The van der Waals surface area contributed by atoms with E-state index in [0.29, 0.717) is 37.4 Å². The van der Waals surface area contributed by atoms with E-state index < -0.39 is 4.92 Å². The van der Waals surface area contributed by atoms with Gasteiger partial charge in [-0.15, -0.1) is 0 Å². The maximum Gasteiger partial charge on any atom is 0.377 e. The van der Waals surface area contributed by atoms with Crippen molar-refractivity contribution < 1.29 is 9.66 Å². The van der Waals surface area contributed by atoms with E-state index in [4.69, 9.17) is 16.3 Å². The molecule has 1 aliphatic rings. The number of rotatable bonds is 6. The second kappa shape index (κ2) is 6.80. The molecule has 0 spiro atoms. The molecule has 0 aromatic carbocycles. The van der Waals surface area contributed by atoms with E-state index >= 15 is 0 Å². The molecule has 1 saturated heterocycles. The Morgan fingerprint density at radius 1 is 1.61 bits per heavy atom. The molecule has 1 N–H and O–H groups in total. The second-order valence-electron chi connectivity index (χ2n) is 4.46. The van der Waals surface area contributed by atoms with Gasteiger partial charge >= 0.3 is 5.16 Å². The van der Waals surface area contributed by atoms with Crippen molar-refractivity contribution >= 4 is 11.6 Å². The highest BCUT2D eigenvalue weighted by molar-refractivity contribution is 6.28. The van der Waals surface area contributed by atoms with Crippen molar-refractivity contribution in [3.05, 3.63) is 21.1 Å². The van der Waals surface area contributed by atoms with Crippen molar-refractivity contribution in [3.63, 3.8) is 0 Å². The molecule has 2 unspecified atom stereocenters. The van der Waals surface area contributed by atoms with Gasteiger partial charge in [0.2, 0.25) is 0 Å². The van der Waals surface area contributed by atoms with E-state index in [1.54, 1.807) is 7.05 Å². The predicted molar refractivity (Wildman–Crippen MR) is 69.7 cm³/mol. The van der Waals surface area contributed by atoms with E-state index in [2.05, 4.69) is 12.2 Å². The molecule has 0 radical (unpaired) electrons. The zero-order chi connectivity index (χ0) is 13.7. The molecular formula is C11H20ClN3O3. The summed E-state index contributed by atoms with van der Waals surface area (Å²) in [5, 5.41) is 13.2. The number of halogens is 1. The van der Waals surface area contributed by atoms with E-state index in [0.717, 1.165) is 6.61 Å². The fourth-order valence-electron chi connectivity index (χ4n) is 2.08. The van der Waals surface area contributed by atoms with Gasteiger partial charge in [-0.25, -0.2) is 0 Å². The summed E-state index contributed by atoms with van der Waals surface area (Å²) >= 11 is 5.72. The van der Waals surface area contributed by atoms with Crippen LogP contribution in [-0.2, 0) is 4.74 Å². The second-order valence-corrected chi connectivity index (χ2v) is 4.82. The fourth-order valence-corrected chi connectivity index (χ4v) is 2.29. The first-order valence-corrected chi connectivity index (χ1v) is 6.43. The van der Waals surface area contributed by atoms with Crippen LogP contribution in [0, 0.1) is 22.0 Å². The molecule has 0 aromatic rings. The summed E-state index contributed by atoms with van der Waals surface area (Å²) in [4.78, 5) is 12.1. The SMILES string of the molecule is CCN(CC1COCC1C)C(NC)=C(Cl)[N+](=O)[O-]. The molecule has 2 atom stereocenters. The van der Waals surface area contributed by atoms with Crippen LogP contribution in [0.3, 0.4) is 0 Å². The van der Waals surface area contributed by atoms with Crippen LogP contribution in [0.25, 0.3) is 0 Å². The molecule has 0 aliphatic carbocycles. The van der Waals surface area contributed by atoms with Gasteiger partial charge in [-0.1, -0.05) is 6.92 Å². The topological polar surface area (TPSA) is 67.6 Å². The Labute approximate surface area is 112 Å². The molecule has 1 heterocycles. The molecular weight excluding hydrogens is 258 g/mol. The maximum atomic E-state index is 10.7. The van der Waals surface area contributed by atoms with Crippen LogP contribution in [0.2, 0.25) is 0 Å².